The standard InChI is InChI=1S/C21H27O3P.CH4/c1-12-7-14(3)20(22)18(9-12)17(11-16(5)25(6)24)19-10-13(2)8-15(4)21(19)23;/h7-10,16-17H,11H2,1-6H3,(H-,22,23);1H4/p+1. The third-order valence-electron chi connectivity index (χ3n) is 4.90. The summed E-state index contributed by atoms with van der Waals surface area (Å²) in [6.07, 6.45) is 0.610. The summed E-state index contributed by atoms with van der Waals surface area (Å²) in [6, 6.07) is 7.83. The van der Waals surface area contributed by atoms with Crippen LogP contribution in [0.5, 0.6) is 11.5 Å². The van der Waals surface area contributed by atoms with Gasteiger partial charge in [0.05, 0.1) is 0 Å². The van der Waals surface area contributed by atoms with E-state index in [2.05, 4.69) is 0 Å². The molecule has 2 aromatic rings. The van der Waals surface area contributed by atoms with Gasteiger partial charge in [-0.25, -0.2) is 0 Å². The van der Waals surface area contributed by atoms with Gasteiger partial charge in [0, 0.05) is 23.5 Å². The van der Waals surface area contributed by atoms with Crippen LogP contribution in [0.15, 0.2) is 24.3 Å². The molecule has 0 aliphatic rings. The molecule has 0 heterocycles. The molecule has 26 heavy (non-hydrogen) atoms. The van der Waals surface area contributed by atoms with Crippen molar-refractivity contribution in [3.63, 3.8) is 0 Å². The fourth-order valence-corrected chi connectivity index (χ4v) is 3.94. The summed E-state index contributed by atoms with van der Waals surface area (Å²) < 4.78 is 12.0. The minimum absolute atomic E-state index is 0. The van der Waals surface area contributed by atoms with Gasteiger partial charge in [-0.05, 0) is 45.7 Å². The summed E-state index contributed by atoms with van der Waals surface area (Å²) in [6.45, 7) is 11.5. The number of rotatable bonds is 5. The van der Waals surface area contributed by atoms with Crippen molar-refractivity contribution in [2.75, 3.05) is 6.66 Å². The second kappa shape index (κ2) is 8.68. The fourth-order valence-electron chi connectivity index (χ4n) is 3.43. The Hall–Kier alpha value is -1.86. The molecule has 0 radical (unpaired) electrons. The molecule has 2 atom stereocenters. The summed E-state index contributed by atoms with van der Waals surface area (Å²) in [5.41, 5.74) is 5.33. The number of phenolic OH excluding ortho intramolecular Hbond substituents is 2. The highest BCUT2D eigenvalue weighted by Gasteiger charge is 2.30. The Balaban J connectivity index is 0.00000338. The highest BCUT2D eigenvalue weighted by Crippen LogP contribution is 2.44. The van der Waals surface area contributed by atoms with Crippen LogP contribution in [0, 0.1) is 27.7 Å². The Bertz CT molecular complexity index is 754. The molecule has 0 amide bonds. The number of aryl methyl sites for hydroxylation is 4. The van der Waals surface area contributed by atoms with Crippen LogP contribution in [0.4, 0.5) is 0 Å². The molecule has 0 aliphatic carbocycles. The van der Waals surface area contributed by atoms with E-state index in [-0.39, 0.29) is 30.5 Å². The first-order valence-corrected chi connectivity index (χ1v) is 10.4. The number of benzene rings is 2. The summed E-state index contributed by atoms with van der Waals surface area (Å²) in [4.78, 5) is 0. The molecule has 0 aromatic heterocycles. The van der Waals surface area contributed by atoms with Crippen molar-refractivity contribution in [3.8, 4) is 11.5 Å². The average Bonchev–Trinajstić information content (AvgIpc) is 2.52. The first-order chi connectivity index (χ1) is 11.6. The van der Waals surface area contributed by atoms with Gasteiger partial charge in [-0.15, -0.1) is 0 Å². The van der Waals surface area contributed by atoms with Crippen LogP contribution in [-0.4, -0.2) is 22.5 Å². The third-order valence-corrected chi connectivity index (χ3v) is 6.35. The smallest absolute Gasteiger partial charge is 0.338 e. The van der Waals surface area contributed by atoms with E-state index in [1.165, 1.54) is 0 Å². The van der Waals surface area contributed by atoms with Crippen molar-refractivity contribution in [1.82, 2.24) is 0 Å². The van der Waals surface area contributed by atoms with Crippen LogP contribution >= 0.6 is 7.80 Å². The van der Waals surface area contributed by atoms with Crippen molar-refractivity contribution in [2.45, 2.75) is 60.0 Å². The van der Waals surface area contributed by atoms with Gasteiger partial charge in [0.2, 0.25) is 0 Å². The predicted octanol–water partition coefficient (Wildman–Crippen LogP) is 6.34. The maximum absolute atomic E-state index is 12.0. The van der Waals surface area contributed by atoms with Gasteiger partial charge >= 0.3 is 7.80 Å². The average molecular weight is 375 g/mol. The van der Waals surface area contributed by atoms with Crippen molar-refractivity contribution in [3.05, 3.63) is 57.6 Å². The van der Waals surface area contributed by atoms with Crippen LogP contribution in [0.25, 0.3) is 0 Å². The highest BCUT2D eigenvalue weighted by molar-refractivity contribution is 7.44. The van der Waals surface area contributed by atoms with Crippen molar-refractivity contribution in [1.29, 1.82) is 0 Å². The van der Waals surface area contributed by atoms with E-state index < -0.39 is 7.80 Å². The first-order valence-electron chi connectivity index (χ1n) is 8.62. The zero-order chi connectivity index (χ0) is 18.9. The lowest BCUT2D eigenvalue weighted by Gasteiger charge is -2.23. The topological polar surface area (TPSA) is 57.5 Å². The van der Waals surface area contributed by atoms with E-state index in [0.717, 1.165) is 33.4 Å². The van der Waals surface area contributed by atoms with Gasteiger partial charge in [-0.3, -0.25) is 0 Å². The summed E-state index contributed by atoms with van der Waals surface area (Å²) in [7, 11) is -1.34. The number of aromatic hydroxyl groups is 2. The van der Waals surface area contributed by atoms with Gasteiger partial charge in [0.1, 0.15) is 18.2 Å². The Morgan fingerprint density at radius 3 is 1.62 bits per heavy atom. The van der Waals surface area contributed by atoms with Crippen molar-refractivity contribution < 1.29 is 14.8 Å². The zero-order valence-corrected chi connectivity index (χ0v) is 16.8. The first kappa shape index (κ1) is 22.2. The molecule has 0 fully saturated rings. The minimum atomic E-state index is -1.34. The maximum Gasteiger partial charge on any atom is 0.338 e. The second-order valence-corrected chi connectivity index (χ2v) is 9.20. The lowest BCUT2D eigenvalue weighted by Crippen LogP contribution is -2.10. The Morgan fingerprint density at radius 1 is 0.885 bits per heavy atom. The van der Waals surface area contributed by atoms with E-state index in [1.807, 2.05) is 58.9 Å². The van der Waals surface area contributed by atoms with E-state index in [9.17, 15) is 14.8 Å². The van der Waals surface area contributed by atoms with E-state index in [0.29, 0.717) is 6.42 Å². The summed E-state index contributed by atoms with van der Waals surface area (Å²) in [5.74, 6) is 0.312. The lowest BCUT2D eigenvalue weighted by molar-refractivity contribution is 0.445. The largest absolute Gasteiger partial charge is 0.507 e. The molecule has 0 saturated heterocycles. The van der Waals surface area contributed by atoms with Crippen LogP contribution in [0.3, 0.4) is 0 Å². The molecule has 2 aromatic carbocycles. The van der Waals surface area contributed by atoms with Gasteiger partial charge in [-0.1, -0.05) is 47.4 Å². The lowest BCUT2D eigenvalue weighted by atomic mass is 9.83. The maximum atomic E-state index is 12.0. The summed E-state index contributed by atoms with van der Waals surface area (Å²) >= 11 is 0. The van der Waals surface area contributed by atoms with Gasteiger partial charge < -0.3 is 10.2 Å². The second-order valence-electron chi connectivity index (χ2n) is 7.22. The minimum Gasteiger partial charge on any atom is -0.507 e. The SMILES string of the molecule is C.Cc1cc(C)c(O)c(C(CC(C)[P+](C)=O)c2cc(C)cc(C)c2O)c1. The zero-order valence-electron chi connectivity index (χ0n) is 15.9. The Morgan fingerprint density at radius 2 is 1.27 bits per heavy atom. The highest BCUT2D eigenvalue weighted by atomic mass is 31.1. The molecule has 0 spiro atoms. The molecule has 0 aliphatic heterocycles. The van der Waals surface area contributed by atoms with E-state index in [1.54, 1.807) is 6.66 Å². The molecule has 2 unspecified atom stereocenters. The van der Waals surface area contributed by atoms with Gasteiger partial charge in [0.25, 0.3) is 0 Å². The van der Waals surface area contributed by atoms with Crippen LogP contribution in [0.2, 0.25) is 0 Å². The van der Waals surface area contributed by atoms with E-state index in [4.69, 9.17) is 0 Å². The van der Waals surface area contributed by atoms with Crippen LogP contribution in [-0.2, 0) is 4.57 Å². The van der Waals surface area contributed by atoms with Gasteiger partial charge in [0.15, 0.2) is 5.66 Å². The normalized spacial score (nSPS) is 12.7. The summed E-state index contributed by atoms with van der Waals surface area (Å²) in [5, 5.41) is 21.4. The molecule has 142 valence electrons. The monoisotopic (exact) mass is 375 g/mol. The third kappa shape index (κ3) is 4.65. The molecule has 3 nitrogen and oxygen atoms in total. The number of hydrogen-bond acceptors (Lipinski definition) is 3. The molecule has 0 bridgehead atoms. The molecular weight excluding hydrogens is 343 g/mol. The molecule has 4 heteroatoms. The van der Waals surface area contributed by atoms with Crippen molar-refractivity contribution >= 4 is 7.80 Å². The Kier molecular flexibility index (Phi) is 7.41. The molecule has 0 saturated carbocycles. The predicted molar refractivity (Wildman–Crippen MR) is 111 cm³/mol. The molecule has 2 N–H and O–H groups in total. The number of phenols is 2. The fraction of sp³-hybridized carbons (Fsp3) is 0.455. The molecular formula is C22H32O3P+. The Labute approximate surface area is 158 Å². The molecule has 2 rings (SSSR count). The van der Waals surface area contributed by atoms with Crippen LogP contribution in [0.1, 0.15) is 60.1 Å². The number of hydrogen-bond donors (Lipinski definition) is 2. The van der Waals surface area contributed by atoms with E-state index >= 15 is 0 Å². The van der Waals surface area contributed by atoms with Crippen molar-refractivity contribution in [2.24, 2.45) is 0 Å². The van der Waals surface area contributed by atoms with Crippen LogP contribution < -0.4 is 0 Å². The quantitative estimate of drug-likeness (QED) is 0.600. The van der Waals surface area contributed by atoms with Gasteiger partial charge in [-0.2, -0.15) is 0 Å².